The van der Waals surface area contributed by atoms with Gasteiger partial charge >= 0.3 is 0 Å². The van der Waals surface area contributed by atoms with Crippen LogP contribution in [0.4, 0.5) is 0 Å². The molecule has 1 aliphatic heterocycles. The molecule has 1 fully saturated rings. The first-order valence-corrected chi connectivity index (χ1v) is 8.52. The van der Waals surface area contributed by atoms with Crippen molar-refractivity contribution in [2.45, 2.75) is 25.4 Å². The average molecular weight is 336 g/mol. The van der Waals surface area contributed by atoms with Crippen LogP contribution in [0.2, 0.25) is 0 Å². The average Bonchev–Trinajstić information content (AvgIpc) is 3.31. The van der Waals surface area contributed by atoms with Crippen molar-refractivity contribution in [3.63, 3.8) is 0 Å². The number of amides is 1. The van der Waals surface area contributed by atoms with E-state index in [1.165, 1.54) is 0 Å². The van der Waals surface area contributed by atoms with Gasteiger partial charge in [0.25, 0.3) is 0 Å². The highest BCUT2D eigenvalue weighted by atomic mass is 16.2. The molecule has 3 aromatic heterocycles. The molecule has 4 rings (SSSR count). The normalized spacial score (nSPS) is 16.2. The second-order valence-corrected chi connectivity index (χ2v) is 6.21. The van der Waals surface area contributed by atoms with Gasteiger partial charge in [0.2, 0.25) is 5.91 Å². The third kappa shape index (κ3) is 3.23. The highest BCUT2D eigenvalue weighted by Crippen LogP contribution is 2.25. The Morgan fingerprint density at radius 3 is 2.88 bits per heavy atom. The summed E-state index contributed by atoms with van der Waals surface area (Å²) in [6, 6.07) is 5.37. The quantitative estimate of drug-likeness (QED) is 0.765. The maximum absolute atomic E-state index is 12.9. The number of likely N-dealkylation sites (tertiary alicyclic amines) is 1. The Morgan fingerprint density at radius 1 is 1.20 bits per heavy atom. The van der Waals surface area contributed by atoms with Crippen LogP contribution in [0.15, 0.2) is 49.2 Å². The van der Waals surface area contributed by atoms with E-state index < -0.39 is 0 Å². The lowest BCUT2D eigenvalue weighted by Gasteiger charge is -2.26. The predicted octanol–water partition coefficient (Wildman–Crippen LogP) is 1.58. The van der Waals surface area contributed by atoms with Crippen molar-refractivity contribution < 1.29 is 4.79 Å². The number of aromatic nitrogens is 4. The van der Waals surface area contributed by atoms with Gasteiger partial charge in [0.1, 0.15) is 6.04 Å². The Morgan fingerprint density at radius 2 is 2.08 bits per heavy atom. The molecule has 4 heterocycles. The second-order valence-electron chi connectivity index (χ2n) is 6.21. The molecule has 3 aromatic rings. The monoisotopic (exact) mass is 336 g/mol. The lowest BCUT2D eigenvalue weighted by atomic mass is 10.1. The lowest BCUT2D eigenvalue weighted by molar-refractivity contribution is -0.126. The van der Waals surface area contributed by atoms with Gasteiger partial charge in [-0.25, -0.2) is 9.50 Å². The number of fused-ring (bicyclic) bond motifs is 1. The van der Waals surface area contributed by atoms with E-state index in [-0.39, 0.29) is 11.9 Å². The molecular weight excluding hydrogens is 316 g/mol. The van der Waals surface area contributed by atoms with Crippen LogP contribution in [-0.4, -0.2) is 43.5 Å². The zero-order chi connectivity index (χ0) is 17.1. The van der Waals surface area contributed by atoms with E-state index in [1.807, 2.05) is 24.4 Å². The molecule has 1 N–H and O–H groups in total. The van der Waals surface area contributed by atoms with Crippen LogP contribution in [0.3, 0.4) is 0 Å². The molecule has 7 heteroatoms. The van der Waals surface area contributed by atoms with Gasteiger partial charge in [0.15, 0.2) is 5.65 Å². The third-order valence-electron chi connectivity index (χ3n) is 4.56. The summed E-state index contributed by atoms with van der Waals surface area (Å²) in [7, 11) is 0. The summed E-state index contributed by atoms with van der Waals surface area (Å²) in [4.78, 5) is 23.7. The van der Waals surface area contributed by atoms with Gasteiger partial charge in [-0.15, -0.1) is 0 Å². The van der Waals surface area contributed by atoms with Crippen LogP contribution in [0.1, 0.15) is 30.0 Å². The Labute approximate surface area is 145 Å². The third-order valence-corrected chi connectivity index (χ3v) is 4.56. The fourth-order valence-electron chi connectivity index (χ4n) is 3.35. The highest BCUT2D eigenvalue weighted by molar-refractivity contribution is 5.83. The summed E-state index contributed by atoms with van der Waals surface area (Å²) in [6.45, 7) is 2.28. The van der Waals surface area contributed by atoms with Gasteiger partial charge in [-0.2, -0.15) is 5.10 Å². The summed E-state index contributed by atoms with van der Waals surface area (Å²) in [5, 5.41) is 7.31. The van der Waals surface area contributed by atoms with Gasteiger partial charge in [-0.1, -0.05) is 6.07 Å². The number of carbonyl (C=O) groups excluding carboxylic acids is 1. The van der Waals surface area contributed by atoms with E-state index in [9.17, 15) is 4.79 Å². The van der Waals surface area contributed by atoms with Crippen LogP contribution < -0.4 is 5.32 Å². The molecule has 0 radical (unpaired) electrons. The molecule has 1 amide bonds. The predicted molar refractivity (Wildman–Crippen MR) is 92.6 cm³/mol. The smallest absolute Gasteiger partial charge is 0.242 e. The van der Waals surface area contributed by atoms with E-state index in [4.69, 9.17) is 0 Å². The molecule has 1 aliphatic rings. The van der Waals surface area contributed by atoms with Crippen LogP contribution in [0.5, 0.6) is 0 Å². The van der Waals surface area contributed by atoms with Crippen molar-refractivity contribution in [1.82, 2.24) is 29.8 Å². The number of hydrogen-bond acceptors (Lipinski definition) is 5. The zero-order valence-corrected chi connectivity index (χ0v) is 13.9. The van der Waals surface area contributed by atoms with Crippen LogP contribution in [0, 0.1) is 0 Å². The van der Waals surface area contributed by atoms with Crippen LogP contribution >= 0.6 is 0 Å². The number of nitrogens with one attached hydrogen (secondary N) is 1. The molecular formula is C18H20N6O. The Bertz CT molecular complexity index is 856. The number of nitrogens with zero attached hydrogens (tertiary/aromatic N) is 5. The van der Waals surface area contributed by atoms with Crippen LogP contribution in [-0.2, 0) is 11.3 Å². The Hall–Kier alpha value is -2.80. The van der Waals surface area contributed by atoms with E-state index in [1.54, 1.807) is 29.3 Å². The first-order valence-electron chi connectivity index (χ1n) is 8.52. The maximum atomic E-state index is 12.9. The Kier molecular flexibility index (Phi) is 4.39. The zero-order valence-electron chi connectivity index (χ0n) is 13.9. The van der Waals surface area contributed by atoms with Gasteiger partial charge in [0.05, 0.1) is 6.20 Å². The van der Waals surface area contributed by atoms with E-state index >= 15 is 0 Å². The van der Waals surface area contributed by atoms with Gasteiger partial charge < -0.3 is 5.32 Å². The van der Waals surface area contributed by atoms with E-state index in [2.05, 4.69) is 25.3 Å². The van der Waals surface area contributed by atoms with Crippen molar-refractivity contribution in [3.05, 3.63) is 60.3 Å². The number of hydrogen-bond donors (Lipinski definition) is 1. The van der Waals surface area contributed by atoms with Crippen molar-refractivity contribution in [2.75, 3.05) is 13.1 Å². The SMILES string of the molecule is O=C(NCc1cnn2cccnc12)C(c1cccnc1)N1CCCC1. The van der Waals surface area contributed by atoms with Gasteiger partial charge in [-0.05, 0) is 43.6 Å². The van der Waals surface area contributed by atoms with Crippen molar-refractivity contribution in [3.8, 4) is 0 Å². The maximum Gasteiger partial charge on any atom is 0.242 e. The molecule has 128 valence electrons. The van der Waals surface area contributed by atoms with Crippen molar-refractivity contribution in [1.29, 1.82) is 0 Å². The van der Waals surface area contributed by atoms with E-state index in [0.29, 0.717) is 6.54 Å². The number of rotatable bonds is 5. The molecule has 7 nitrogen and oxygen atoms in total. The fraction of sp³-hybridized carbons (Fsp3) is 0.333. The number of pyridine rings is 1. The minimum absolute atomic E-state index is 0.00909. The molecule has 25 heavy (non-hydrogen) atoms. The van der Waals surface area contributed by atoms with Crippen LogP contribution in [0.25, 0.3) is 5.65 Å². The first-order chi connectivity index (χ1) is 12.3. The molecule has 0 spiro atoms. The minimum Gasteiger partial charge on any atom is -0.350 e. The summed E-state index contributed by atoms with van der Waals surface area (Å²) in [5.74, 6) is -0.00909. The number of carbonyl (C=O) groups is 1. The topological polar surface area (TPSA) is 75.4 Å². The van der Waals surface area contributed by atoms with E-state index in [0.717, 1.165) is 42.7 Å². The van der Waals surface area contributed by atoms with Crippen molar-refractivity contribution >= 4 is 11.6 Å². The Balaban J connectivity index is 1.52. The lowest BCUT2D eigenvalue weighted by Crippen LogP contribution is -2.39. The largest absolute Gasteiger partial charge is 0.350 e. The summed E-state index contributed by atoms with van der Waals surface area (Å²) in [5.41, 5.74) is 2.60. The van der Waals surface area contributed by atoms with Crippen molar-refractivity contribution in [2.24, 2.45) is 0 Å². The molecule has 0 bridgehead atoms. The fourth-order valence-corrected chi connectivity index (χ4v) is 3.35. The first kappa shape index (κ1) is 15.7. The van der Waals surface area contributed by atoms with Gasteiger partial charge in [-0.3, -0.25) is 14.7 Å². The molecule has 0 aliphatic carbocycles. The summed E-state index contributed by atoms with van der Waals surface area (Å²) in [6.07, 6.45) is 11.1. The second kappa shape index (κ2) is 6.98. The molecule has 1 unspecified atom stereocenters. The highest BCUT2D eigenvalue weighted by Gasteiger charge is 2.29. The summed E-state index contributed by atoms with van der Waals surface area (Å²) >= 11 is 0. The minimum atomic E-state index is -0.300. The molecule has 0 aromatic carbocycles. The summed E-state index contributed by atoms with van der Waals surface area (Å²) < 4.78 is 1.71. The molecule has 1 saturated heterocycles. The molecule has 1 atom stereocenters. The standard InChI is InChI=1S/C18H20N6O/c25-18(21-12-15-13-22-24-10-4-7-20-17(15)24)16(23-8-1-2-9-23)14-5-3-6-19-11-14/h3-7,10-11,13,16H,1-2,8-9,12H2,(H,21,25). The van der Waals surface area contributed by atoms with Gasteiger partial charge in [0, 0.05) is 36.9 Å². The molecule has 0 saturated carbocycles.